The lowest BCUT2D eigenvalue weighted by atomic mass is 10.2. The van der Waals surface area contributed by atoms with E-state index in [0.29, 0.717) is 19.5 Å². The molecular formula is C11H15F3N4O. The number of halogens is 3. The number of hydrogen-bond donors (Lipinski definition) is 2. The SMILES string of the molecule is CN1C[C@H](O)C[C@H]1CNc1nccc(C(F)(F)F)n1. The van der Waals surface area contributed by atoms with Crippen molar-refractivity contribution < 1.29 is 18.3 Å². The number of anilines is 1. The van der Waals surface area contributed by atoms with Crippen molar-refractivity contribution in [2.45, 2.75) is 24.7 Å². The maximum atomic E-state index is 12.5. The van der Waals surface area contributed by atoms with Gasteiger partial charge in [0.2, 0.25) is 5.95 Å². The third-order valence-corrected chi connectivity index (χ3v) is 3.11. The van der Waals surface area contributed by atoms with Gasteiger partial charge in [0.1, 0.15) is 5.69 Å². The molecule has 0 amide bonds. The molecule has 2 rings (SSSR count). The van der Waals surface area contributed by atoms with E-state index in [1.807, 2.05) is 11.9 Å². The van der Waals surface area contributed by atoms with E-state index in [1.165, 1.54) is 0 Å². The summed E-state index contributed by atoms with van der Waals surface area (Å²) in [4.78, 5) is 9.13. The fourth-order valence-electron chi connectivity index (χ4n) is 2.10. The molecule has 0 saturated carbocycles. The van der Waals surface area contributed by atoms with Gasteiger partial charge in [-0.25, -0.2) is 9.97 Å². The van der Waals surface area contributed by atoms with E-state index in [1.54, 1.807) is 0 Å². The molecule has 2 heterocycles. The van der Waals surface area contributed by atoms with E-state index >= 15 is 0 Å². The van der Waals surface area contributed by atoms with Gasteiger partial charge >= 0.3 is 6.18 Å². The first kappa shape index (κ1) is 14.0. The van der Waals surface area contributed by atoms with Gasteiger partial charge < -0.3 is 10.4 Å². The van der Waals surface area contributed by atoms with Gasteiger partial charge in [-0.1, -0.05) is 0 Å². The summed E-state index contributed by atoms with van der Waals surface area (Å²) in [6.45, 7) is 0.963. The number of aliphatic hydroxyl groups is 1. The van der Waals surface area contributed by atoms with Gasteiger partial charge in [0.25, 0.3) is 0 Å². The number of rotatable bonds is 3. The van der Waals surface area contributed by atoms with Gasteiger partial charge in [0, 0.05) is 25.3 Å². The van der Waals surface area contributed by atoms with Crippen LogP contribution in [0.3, 0.4) is 0 Å². The summed E-state index contributed by atoms with van der Waals surface area (Å²) in [5.74, 6) is -0.0513. The topological polar surface area (TPSA) is 61.3 Å². The van der Waals surface area contributed by atoms with E-state index < -0.39 is 11.9 Å². The Hall–Kier alpha value is -1.41. The Morgan fingerprint density at radius 3 is 2.84 bits per heavy atom. The molecule has 1 aliphatic rings. The summed E-state index contributed by atoms with van der Waals surface area (Å²) in [5, 5.41) is 12.2. The monoisotopic (exact) mass is 276 g/mol. The molecule has 0 bridgehead atoms. The van der Waals surface area contributed by atoms with Crippen LogP contribution in [-0.4, -0.2) is 52.3 Å². The number of hydrogen-bond acceptors (Lipinski definition) is 5. The van der Waals surface area contributed by atoms with Crippen molar-refractivity contribution >= 4 is 5.95 Å². The maximum absolute atomic E-state index is 12.5. The average molecular weight is 276 g/mol. The van der Waals surface area contributed by atoms with Crippen LogP contribution in [0.2, 0.25) is 0 Å². The van der Waals surface area contributed by atoms with Crippen molar-refractivity contribution in [3.05, 3.63) is 18.0 Å². The molecule has 1 saturated heterocycles. The summed E-state index contributed by atoms with van der Waals surface area (Å²) in [6, 6.07) is 0.893. The summed E-state index contributed by atoms with van der Waals surface area (Å²) in [5.41, 5.74) is -0.968. The zero-order valence-electron chi connectivity index (χ0n) is 10.4. The number of alkyl halides is 3. The minimum absolute atomic E-state index is 0.0513. The Balaban J connectivity index is 1.97. The summed E-state index contributed by atoms with van der Waals surface area (Å²) in [7, 11) is 1.86. The van der Waals surface area contributed by atoms with Crippen LogP contribution in [-0.2, 0) is 6.18 Å². The number of aliphatic hydroxyl groups excluding tert-OH is 1. The highest BCUT2D eigenvalue weighted by Crippen LogP contribution is 2.27. The highest BCUT2D eigenvalue weighted by atomic mass is 19.4. The van der Waals surface area contributed by atoms with Gasteiger partial charge in [0.15, 0.2) is 0 Å². The average Bonchev–Trinajstić information content (AvgIpc) is 2.64. The molecule has 1 aromatic rings. The van der Waals surface area contributed by atoms with Crippen LogP contribution >= 0.6 is 0 Å². The fourth-order valence-corrected chi connectivity index (χ4v) is 2.10. The van der Waals surface area contributed by atoms with Crippen LogP contribution in [0.15, 0.2) is 12.3 Å². The molecular weight excluding hydrogens is 261 g/mol. The Kier molecular flexibility index (Phi) is 3.91. The van der Waals surface area contributed by atoms with Crippen LogP contribution in [0.1, 0.15) is 12.1 Å². The highest BCUT2D eigenvalue weighted by molar-refractivity contribution is 5.26. The second kappa shape index (κ2) is 5.30. The standard InChI is InChI=1S/C11H15F3N4O/c1-18-6-8(19)4-7(18)5-16-10-15-3-2-9(17-10)11(12,13)14/h2-3,7-8,19H,4-6H2,1H3,(H,15,16,17)/t7-,8+/m0/s1. The molecule has 0 aromatic carbocycles. The van der Waals surface area contributed by atoms with Crippen molar-refractivity contribution in [2.24, 2.45) is 0 Å². The molecule has 1 aromatic heterocycles. The van der Waals surface area contributed by atoms with Crippen LogP contribution in [0.4, 0.5) is 19.1 Å². The Morgan fingerprint density at radius 2 is 2.26 bits per heavy atom. The van der Waals surface area contributed by atoms with E-state index in [2.05, 4.69) is 15.3 Å². The summed E-state index contributed by atoms with van der Waals surface area (Å²) < 4.78 is 37.4. The third kappa shape index (κ3) is 3.54. The molecule has 106 valence electrons. The number of nitrogens with zero attached hydrogens (tertiary/aromatic N) is 3. The Labute approximate surface area is 108 Å². The molecule has 2 N–H and O–H groups in total. The first-order valence-corrected chi connectivity index (χ1v) is 5.88. The van der Waals surface area contributed by atoms with E-state index in [-0.39, 0.29) is 18.1 Å². The predicted molar refractivity (Wildman–Crippen MR) is 62.6 cm³/mol. The van der Waals surface area contributed by atoms with Crippen molar-refractivity contribution in [3.63, 3.8) is 0 Å². The quantitative estimate of drug-likeness (QED) is 0.861. The molecule has 0 aliphatic carbocycles. The molecule has 0 unspecified atom stereocenters. The van der Waals surface area contributed by atoms with Gasteiger partial charge in [-0.05, 0) is 19.5 Å². The number of likely N-dealkylation sites (tertiary alicyclic amines) is 1. The van der Waals surface area contributed by atoms with Crippen LogP contribution in [0, 0.1) is 0 Å². The predicted octanol–water partition coefficient (Wildman–Crippen LogP) is 0.972. The van der Waals surface area contributed by atoms with Crippen molar-refractivity contribution in [1.29, 1.82) is 0 Å². The van der Waals surface area contributed by atoms with E-state index in [0.717, 1.165) is 12.3 Å². The molecule has 5 nitrogen and oxygen atoms in total. The van der Waals surface area contributed by atoms with Crippen LogP contribution in [0.25, 0.3) is 0 Å². The Morgan fingerprint density at radius 1 is 1.53 bits per heavy atom. The third-order valence-electron chi connectivity index (χ3n) is 3.11. The van der Waals surface area contributed by atoms with Gasteiger partial charge in [-0.15, -0.1) is 0 Å². The molecule has 1 aliphatic heterocycles. The lowest BCUT2D eigenvalue weighted by Crippen LogP contribution is -2.32. The van der Waals surface area contributed by atoms with Crippen molar-refractivity contribution in [1.82, 2.24) is 14.9 Å². The summed E-state index contributed by atoms with van der Waals surface area (Å²) >= 11 is 0. The smallest absolute Gasteiger partial charge is 0.392 e. The second-order valence-corrected chi connectivity index (χ2v) is 4.63. The van der Waals surface area contributed by atoms with E-state index in [9.17, 15) is 18.3 Å². The number of nitrogens with one attached hydrogen (secondary N) is 1. The van der Waals surface area contributed by atoms with Gasteiger partial charge in [-0.2, -0.15) is 13.2 Å². The second-order valence-electron chi connectivity index (χ2n) is 4.63. The summed E-state index contributed by atoms with van der Waals surface area (Å²) in [6.07, 6.45) is -3.20. The molecule has 1 fully saturated rings. The maximum Gasteiger partial charge on any atom is 0.433 e. The van der Waals surface area contributed by atoms with Crippen LogP contribution < -0.4 is 5.32 Å². The first-order chi connectivity index (χ1) is 8.86. The van der Waals surface area contributed by atoms with Gasteiger partial charge in [-0.3, -0.25) is 4.90 Å². The zero-order valence-corrected chi connectivity index (χ0v) is 10.4. The number of β-amino-alcohol motifs (C(OH)–C–C–N with tert-alkyl or cyclic N) is 1. The number of aromatic nitrogens is 2. The number of likely N-dealkylation sites (N-methyl/N-ethyl adjacent to an activating group) is 1. The molecule has 2 atom stereocenters. The highest BCUT2D eigenvalue weighted by Gasteiger charge is 2.33. The van der Waals surface area contributed by atoms with Crippen LogP contribution in [0.5, 0.6) is 0 Å². The lowest BCUT2D eigenvalue weighted by Gasteiger charge is -2.19. The molecule has 8 heteroatoms. The largest absolute Gasteiger partial charge is 0.433 e. The van der Waals surface area contributed by atoms with E-state index in [4.69, 9.17) is 0 Å². The van der Waals surface area contributed by atoms with Crippen molar-refractivity contribution in [2.75, 3.05) is 25.5 Å². The first-order valence-electron chi connectivity index (χ1n) is 5.88. The minimum atomic E-state index is -4.47. The minimum Gasteiger partial charge on any atom is -0.392 e. The Bertz CT molecular complexity index is 440. The molecule has 0 radical (unpaired) electrons. The molecule has 19 heavy (non-hydrogen) atoms. The van der Waals surface area contributed by atoms with Crippen molar-refractivity contribution in [3.8, 4) is 0 Å². The van der Waals surface area contributed by atoms with Gasteiger partial charge in [0.05, 0.1) is 6.10 Å². The normalized spacial score (nSPS) is 24.7. The fraction of sp³-hybridized carbons (Fsp3) is 0.636. The molecule has 0 spiro atoms. The lowest BCUT2D eigenvalue weighted by molar-refractivity contribution is -0.141. The zero-order chi connectivity index (χ0) is 14.0.